The number of hydrogen-bond donors (Lipinski definition) is 3. The molecule has 8 heterocycles. The monoisotopic (exact) mass is 878 g/mol. The van der Waals surface area contributed by atoms with E-state index in [2.05, 4.69) is 97.4 Å². The normalized spacial score (nSPS) is 16.0. The third-order valence-corrected chi connectivity index (χ3v) is 13.1. The molecule has 1 atom stereocenters. The summed E-state index contributed by atoms with van der Waals surface area (Å²) < 4.78 is 10.0. The summed E-state index contributed by atoms with van der Waals surface area (Å²) in [4.78, 5) is 31.7. The predicted molar refractivity (Wildman–Crippen MR) is 251 cm³/mol. The minimum Gasteiger partial charge on any atom is -0.383 e. The van der Waals surface area contributed by atoms with Crippen LogP contribution < -0.4 is 26.3 Å². The number of rotatable bonds is 11. The van der Waals surface area contributed by atoms with Crippen molar-refractivity contribution in [2.45, 2.75) is 84.1 Å². The zero-order valence-corrected chi connectivity index (χ0v) is 37.0. The topological polar surface area (TPSA) is 230 Å². The number of pyridine rings is 1. The van der Waals surface area contributed by atoms with Crippen LogP contribution in [0.15, 0.2) is 105 Å². The fourth-order valence-electron chi connectivity index (χ4n) is 9.84. The molecule has 18 nitrogen and oxygen atoms in total. The summed E-state index contributed by atoms with van der Waals surface area (Å²) in [6.45, 7) is 7.44. The number of aromatic nitrogens is 15. The Hall–Kier alpha value is -8.02. The van der Waals surface area contributed by atoms with Gasteiger partial charge in [-0.2, -0.15) is 15.3 Å². The van der Waals surface area contributed by atoms with Gasteiger partial charge in [0, 0.05) is 48.9 Å². The van der Waals surface area contributed by atoms with Crippen LogP contribution in [0.1, 0.15) is 75.8 Å². The van der Waals surface area contributed by atoms with E-state index in [0.717, 1.165) is 70.3 Å². The molecule has 0 spiro atoms. The SMILES string of the molecule is CC(C)n1nc(-c2cccnc2)c2c(N)[n+](C3CCC(Cn4nc(Cc5cccc6ccccc56)c5c(N)[n+](CC(C)n6nc(-c7cncnc7)c7c(N)ncnc76)cnc54)CC3)cnc21. The third-order valence-electron chi connectivity index (χ3n) is 13.1. The lowest BCUT2D eigenvalue weighted by molar-refractivity contribution is -0.714. The van der Waals surface area contributed by atoms with E-state index in [1.165, 1.54) is 29.0 Å². The zero-order valence-electron chi connectivity index (χ0n) is 37.0. The molecule has 2 aromatic carbocycles. The first kappa shape index (κ1) is 40.7. The Morgan fingerprint density at radius 3 is 2.21 bits per heavy atom. The van der Waals surface area contributed by atoms with Crippen molar-refractivity contribution in [2.24, 2.45) is 5.92 Å². The summed E-state index contributed by atoms with van der Waals surface area (Å²) >= 11 is 0. The molecule has 11 rings (SSSR count). The van der Waals surface area contributed by atoms with E-state index in [1.54, 1.807) is 18.6 Å². The number of benzene rings is 2. The van der Waals surface area contributed by atoms with Gasteiger partial charge in [0.1, 0.15) is 40.6 Å². The molecule has 1 aliphatic rings. The lowest BCUT2D eigenvalue weighted by atomic mass is 9.85. The zero-order chi connectivity index (χ0) is 45.1. The van der Waals surface area contributed by atoms with Crippen LogP contribution in [-0.2, 0) is 19.5 Å². The van der Waals surface area contributed by atoms with Gasteiger partial charge in [-0.1, -0.05) is 52.4 Å². The highest BCUT2D eigenvalue weighted by Crippen LogP contribution is 2.36. The van der Waals surface area contributed by atoms with E-state index in [4.69, 9.17) is 42.5 Å². The molecular weight excluding hydrogens is 829 g/mol. The standard InChI is InChI=1S/C48H48N18/c1-28(2)65-48-40(41(60-65)33-11-7-17-52-19-33)45(51)63(27-58-48)35-15-13-30(14-16-35)23-64-46-38(37(59-64)18-32-10-6-9-31-8-4-5-12-36(31)32)44(50)62(26-57-46)22-29(3)66-47-39(43(49)55-25-56-47)42(61-66)34-20-53-24-54-21-34/h4-12,17,19-21,24-30,35,50-51H,13-16,18,22-23H2,1-3H3,(H2,49,55,56,61)/p+2. The van der Waals surface area contributed by atoms with Gasteiger partial charge >= 0.3 is 0 Å². The van der Waals surface area contributed by atoms with Gasteiger partial charge in [-0.05, 0) is 80.8 Å². The summed E-state index contributed by atoms with van der Waals surface area (Å²) in [6.07, 6.45) is 18.1. The van der Waals surface area contributed by atoms with Gasteiger partial charge in [0.2, 0.25) is 35.6 Å². The van der Waals surface area contributed by atoms with Crippen LogP contribution in [0.5, 0.6) is 0 Å². The molecule has 1 unspecified atom stereocenters. The van der Waals surface area contributed by atoms with Gasteiger partial charge in [0.25, 0.3) is 0 Å². The smallest absolute Gasteiger partial charge is 0.241 e. The third kappa shape index (κ3) is 7.05. The Balaban J connectivity index is 0.905. The Morgan fingerprint density at radius 2 is 1.41 bits per heavy atom. The molecular formula is C48H50N18+2. The Bertz CT molecular complexity index is 3400. The molecule has 0 bridgehead atoms. The van der Waals surface area contributed by atoms with Crippen LogP contribution in [0.4, 0.5) is 17.5 Å². The van der Waals surface area contributed by atoms with Crippen molar-refractivity contribution >= 4 is 61.3 Å². The molecule has 8 aromatic heterocycles. The van der Waals surface area contributed by atoms with Crippen molar-refractivity contribution in [2.75, 3.05) is 17.2 Å². The Kier molecular flexibility index (Phi) is 10.2. The van der Waals surface area contributed by atoms with Crippen molar-refractivity contribution in [1.82, 2.24) is 64.2 Å². The van der Waals surface area contributed by atoms with E-state index in [1.807, 2.05) is 44.9 Å². The summed E-state index contributed by atoms with van der Waals surface area (Å²) in [6, 6.07) is 18.9. The number of fused-ring (bicyclic) bond motifs is 4. The highest BCUT2D eigenvalue weighted by Gasteiger charge is 2.32. The summed E-state index contributed by atoms with van der Waals surface area (Å²) in [5.74, 6) is 1.96. The molecule has 0 amide bonds. The highest BCUT2D eigenvalue weighted by atomic mass is 15.4. The van der Waals surface area contributed by atoms with Crippen LogP contribution in [0.3, 0.4) is 0 Å². The van der Waals surface area contributed by atoms with Gasteiger partial charge in [0.15, 0.2) is 5.65 Å². The first-order valence-electron chi connectivity index (χ1n) is 22.4. The van der Waals surface area contributed by atoms with Gasteiger partial charge < -0.3 is 17.2 Å². The van der Waals surface area contributed by atoms with Crippen molar-refractivity contribution in [3.05, 3.63) is 116 Å². The molecule has 18 heteroatoms. The minimum atomic E-state index is -0.213. The molecule has 330 valence electrons. The molecule has 66 heavy (non-hydrogen) atoms. The van der Waals surface area contributed by atoms with Crippen molar-refractivity contribution in [3.8, 4) is 22.5 Å². The van der Waals surface area contributed by atoms with Crippen molar-refractivity contribution in [1.29, 1.82) is 0 Å². The van der Waals surface area contributed by atoms with Gasteiger partial charge in [0.05, 0.1) is 35.8 Å². The van der Waals surface area contributed by atoms with Gasteiger partial charge in [-0.25, -0.2) is 43.1 Å². The molecule has 1 saturated carbocycles. The molecule has 10 aromatic rings. The molecule has 1 fully saturated rings. The average molecular weight is 879 g/mol. The summed E-state index contributed by atoms with van der Waals surface area (Å²) in [7, 11) is 0. The molecule has 1 aliphatic carbocycles. The largest absolute Gasteiger partial charge is 0.383 e. The van der Waals surface area contributed by atoms with Gasteiger partial charge in [-0.15, -0.1) is 0 Å². The number of nitrogens with two attached hydrogens (primary N) is 3. The first-order valence-corrected chi connectivity index (χ1v) is 22.4. The fourth-order valence-corrected chi connectivity index (χ4v) is 9.84. The van der Waals surface area contributed by atoms with Crippen LogP contribution in [0.2, 0.25) is 0 Å². The van der Waals surface area contributed by atoms with Crippen LogP contribution in [-0.4, -0.2) is 64.2 Å². The quantitative estimate of drug-likeness (QED) is 0.124. The lowest BCUT2D eigenvalue weighted by Gasteiger charge is -2.28. The summed E-state index contributed by atoms with van der Waals surface area (Å²) in [5.41, 5.74) is 28.0. The Morgan fingerprint density at radius 1 is 0.667 bits per heavy atom. The predicted octanol–water partition coefficient (Wildman–Crippen LogP) is 6.17. The fraction of sp³-hybridized carbons (Fsp3) is 0.292. The molecule has 0 radical (unpaired) electrons. The number of nitrogen functional groups attached to an aromatic ring is 3. The molecule has 0 aliphatic heterocycles. The second-order valence-electron chi connectivity index (χ2n) is 17.7. The van der Waals surface area contributed by atoms with E-state index in [9.17, 15) is 0 Å². The average Bonchev–Trinajstić information content (AvgIpc) is 4.04. The van der Waals surface area contributed by atoms with E-state index >= 15 is 0 Å². The van der Waals surface area contributed by atoms with E-state index in [-0.39, 0.29) is 18.1 Å². The van der Waals surface area contributed by atoms with Crippen molar-refractivity contribution in [3.63, 3.8) is 0 Å². The second kappa shape index (κ2) is 16.5. The number of hydrogen-bond acceptors (Lipinski definition) is 13. The maximum atomic E-state index is 7.24. The maximum Gasteiger partial charge on any atom is 0.241 e. The van der Waals surface area contributed by atoms with Crippen LogP contribution in [0.25, 0.3) is 66.4 Å². The van der Waals surface area contributed by atoms with Gasteiger partial charge in [-0.3, -0.25) is 4.98 Å². The van der Waals surface area contributed by atoms with Crippen LogP contribution >= 0.6 is 0 Å². The van der Waals surface area contributed by atoms with E-state index in [0.29, 0.717) is 59.6 Å². The Labute approximate surface area is 379 Å². The van der Waals surface area contributed by atoms with Crippen LogP contribution in [0, 0.1) is 5.92 Å². The minimum absolute atomic E-state index is 0.115. The molecule has 6 N–H and O–H groups in total. The van der Waals surface area contributed by atoms with Crippen molar-refractivity contribution < 1.29 is 9.13 Å². The molecule has 0 saturated heterocycles. The first-order chi connectivity index (χ1) is 32.2. The van der Waals surface area contributed by atoms with E-state index < -0.39 is 0 Å². The highest BCUT2D eigenvalue weighted by molar-refractivity contribution is 5.98. The lowest BCUT2D eigenvalue weighted by Crippen LogP contribution is -2.44. The number of anilines is 3. The summed E-state index contributed by atoms with van der Waals surface area (Å²) in [5, 5.41) is 20.0. The second-order valence-corrected chi connectivity index (χ2v) is 17.7. The number of nitrogens with zero attached hydrogens (tertiary/aromatic N) is 15. The maximum absolute atomic E-state index is 7.24.